The van der Waals surface area contributed by atoms with Crippen LogP contribution in [-0.2, 0) is 21.3 Å². The molecule has 1 saturated carbocycles. The van der Waals surface area contributed by atoms with Crippen molar-refractivity contribution in [1.29, 1.82) is 0 Å². The summed E-state index contributed by atoms with van der Waals surface area (Å²) in [6.07, 6.45) is 2.66. The molecule has 0 unspecified atom stereocenters. The summed E-state index contributed by atoms with van der Waals surface area (Å²) < 4.78 is 29.0. The topological polar surface area (TPSA) is 100 Å². The van der Waals surface area contributed by atoms with E-state index in [1.54, 1.807) is 18.0 Å². The van der Waals surface area contributed by atoms with Crippen LogP contribution in [0.15, 0.2) is 30.5 Å². The van der Waals surface area contributed by atoms with Crippen LogP contribution in [0.25, 0.3) is 0 Å². The molecule has 112 valence electrons. The Morgan fingerprint density at radius 2 is 2.19 bits per heavy atom. The van der Waals surface area contributed by atoms with Crippen LogP contribution in [0.1, 0.15) is 24.1 Å². The fraction of sp³-hybridized carbons (Fsp3) is 0.385. The number of methoxy groups -OCH3 is 1. The standard InChI is InChI=1S/C13H16N4O3S/c1-20-11-4-2-3-10(7-11)8-17-9-12(15-16-17)13(5-6-13)21(14,18)19/h2-4,7,9H,5-6,8H2,1H3,(H2,14,18,19). The van der Waals surface area contributed by atoms with Crippen molar-refractivity contribution in [2.45, 2.75) is 24.1 Å². The van der Waals surface area contributed by atoms with Crippen LogP contribution in [0.2, 0.25) is 0 Å². The van der Waals surface area contributed by atoms with Gasteiger partial charge in [-0.25, -0.2) is 18.2 Å². The van der Waals surface area contributed by atoms with Crippen molar-refractivity contribution >= 4 is 10.0 Å². The second-order valence-corrected chi connectivity index (χ2v) is 7.06. The maximum Gasteiger partial charge on any atom is 0.220 e. The predicted molar refractivity (Wildman–Crippen MR) is 76.1 cm³/mol. The first-order valence-corrected chi connectivity index (χ1v) is 8.05. The van der Waals surface area contributed by atoms with E-state index in [1.165, 1.54) is 0 Å². The Labute approximate surface area is 122 Å². The van der Waals surface area contributed by atoms with Crippen molar-refractivity contribution in [2.75, 3.05) is 7.11 Å². The van der Waals surface area contributed by atoms with Gasteiger partial charge in [0.05, 0.1) is 19.9 Å². The number of hydrogen-bond acceptors (Lipinski definition) is 5. The molecular formula is C13H16N4O3S. The molecule has 8 heteroatoms. The lowest BCUT2D eigenvalue weighted by Crippen LogP contribution is -2.28. The Bertz CT molecular complexity index is 765. The lowest BCUT2D eigenvalue weighted by Gasteiger charge is -2.07. The zero-order valence-electron chi connectivity index (χ0n) is 11.6. The number of rotatable bonds is 5. The van der Waals surface area contributed by atoms with Gasteiger partial charge in [0.25, 0.3) is 0 Å². The molecule has 7 nitrogen and oxygen atoms in total. The molecular weight excluding hydrogens is 292 g/mol. The van der Waals surface area contributed by atoms with Crippen molar-refractivity contribution in [2.24, 2.45) is 5.14 Å². The summed E-state index contributed by atoms with van der Waals surface area (Å²) >= 11 is 0. The molecule has 1 aliphatic rings. The van der Waals surface area contributed by atoms with Gasteiger partial charge in [0.1, 0.15) is 16.2 Å². The summed E-state index contributed by atoms with van der Waals surface area (Å²) in [4.78, 5) is 0. The quantitative estimate of drug-likeness (QED) is 0.872. The molecule has 1 heterocycles. The van der Waals surface area contributed by atoms with E-state index in [-0.39, 0.29) is 0 Å². The van der Waals surface area contributed by atoms with Gasteiger partial charge in [-0.3, -0.25) is 0 Å². The molecule has 0 bridgehead atoms. The van der Waals surface area contributed by atoms with Crippen molar-refractivity contribution in [3.63, 3.8) is 0 Å². The highest BCUT2D eigenvalue weighted by Gasteiger charge is 2.56. The van der Waals surface area contributed by atoms with Crippen LogP contribution < -0.4 is 9.88 Å². The summed E-state index contributed by atoms with van der Waals surface area (Å²) in [5, 5.41) is 13.3. The summed E-state index contributed by atoms with van der Waals surface area (Å²) in [7, 11) is -2.04. The van der Waals surface area contributed by atoms with E-state index in [0.29, 0.717) is 25.1 Å². The molecule has 0 spiro atoms. The number of ether oxygens (including phenoxy) is 1. The Morgan fingerprint density at radius 3 is 2.81 bits per heavy atom. The lowest BCUT2D eigenvalue weighted by molar-refractivity contribution is 0.414. The molecule has 1 fully saturated rings. The largest absolute Gasteiger partial charge is 0.497 e. The summed E-state index contributed by atoms with van der Waals surface area (Å²) in [6.45, 7) is 0.491. The molecule has 1 aromatic heterocycles. The lowest BCUT2D eigenvalue weighted by atomic mass is 10.2. The highest BCUT2D eigenvalue weighted by atomic mass is 32.2. The van der Waals surface area contributed by atoms with Crippen molar-refractivity contribution in [1.82, 2.24) is 15.0 Å². The first-order valence-electron chi connectivity index (χ1n) is 6.50. The maximum absolute atomic E-state index is 11.7. The molecule has 21 heavy (non-hydrogen) atoms. The van der Waals surface area contributed by atoms with Crippen LogP contribution in [0.3, 0.4) is 0 Å². The third kappa shape index (κ3) is 2.52. The number of benzene rings is 1. The number of primary sulfonamides is 1. The summed E-state index contributed by atoms with van der Waals surface area (Å²) in [5.74, 6) is 0.760. The highest BCUT2D eigenvalue weighted by molar-refractivity contribution is 7.90. The third-order valence-electron chi connectivity index (χ3n) is 3.73. The molecule has 1 aromatic carbocycles. The SMILES string of the molecule is COc1cccc(Cn2cc(C3(S(N)(=O)=O)CC3)nn2)c1. The molecule has 0 saturated heterocycles. The van der Waals surface area contributed by atoms with E-state index in [9.17, 15) is 8.42 Å². The maximum atomic E-state index is 11.7. The van der Waals surface area contributed by atoms with Gasteiger partial charge >= 0.3 is 0 Å². The van der Waals surface area contributed by atoms with Crippen molar-refractivity contribution < 1.29 is 13.2 Å². The summed E-state index contributed by atoms with van der Waals surface area (Å²) in [5.41, 5.74) is 1.42. The second-order valence-electron chi connectivity index (χ2n) is 5.19. The molecule has 2 N–H and O–H groups in total. The minimum Gasteiger partial charge on any atom is -0.497 e. The average Bonchev–Trinajstić information content (AvgIpc) is 3.15. The van der Waals surface area contributed by atoms with Gasteiger partial charge in [-0.15, -0.1) is 5.10 Å². The van der Waals surface area contributed by atoms with Gasteiger partial charge in [-0.1, -0.05) is 17.3 Å². The van der Waals surface area contributed by atoms with Gasteiger partial charge < -0.3 is 4.74 Å². The predicted octanol–water partition coefficient (Wildman–Crippen LogP) is 0.613. The Hall–Kier alpha value is -1.93. The zero-order valence-corrected chi connectivity index (χ0v) is 12.4. The van der Waals surface area contributed by atoms with E-state index in [4.69, 9.17) is 9.88 Å². The van der Waals surface area contributed by atoms with E-state index in [1.807, 2.05) is 24.3 Å². The normalized spacial score (nSPS) is 16.7. The van der Waals surface area contributed by atoms with E-state index < -0.39 is 14.8 Å². The van der Waals surface area contributed by atoms with Gasteiger partial charge in [-0.05, 0) is 30.5 Å². The zero-order chi connectivity index (χ0) is 15.1. The van der Waals surface area contributed by atoms with Crippen molar-refractivity contribution in [3.05, 3.63) is 41.7 Å². The van der Waals surface area contributed by atoms with Crippen LogP contribution in [0, 0.1) is 0 Å². The number of hydrogen-bond donors (Lipinski definition) is 1. The smallest absolute Gasteiger partial charge is 0.220 e. The first kappa shape index (κ1) is 14.0. The molecule has 3 rings (SSSR count). The minimum atomic E-state index is -3.65. The van der Waals surface area contributed by atoms with E-state index >= 15 is 0 Å². The molecule has 0 amide bonds. The second kappa shape index (κ2) is 4.81. The van der Waals surface area contributed by atoms with Crippen molar-refractivity contribution in [3.8, 4) is 5.75 Å². The number of nitrogens with zero attached hydrogens (tertiary/aromatic N) is 3. The van der Waals surface area contributed by atoms with Gasteiger partial charge in [0, 0.05) is 0 Å². The molecule has 2 aromatic rings. The van der Waals surface area contributed by atoms with E-state index in [0.717, 1.165) is 11.3 Å². The highest BCUT2D eigenvalue weighted by Crippen LogP contribution is 2.50. The molecule has 0 aliphatic heterocycles. The first-order chi connectivity index (χ1) is 9.94. The van der Waals surface area contributed by atoms with Gasteiger partial charge in [-0.2, -0.15) is 0 Å². The fourth-order valence-corrected chi connectivity index (χ4v) is 3.40. The number of aromatic nitrogens is 3. The molecule has 0 atom stereocenters. The van der Waals surface area contributed by atoms with Crippen LogP contribution in [0.5, 0.6) is 5.75 Å². The molecule has 1 aliphatic carbocycles. The monoisotopic (exact) mass is 308 g/mol. The minimum absolute atomic E-state index is 0.424. The Kier molecular flexibility index (Phi) is 3.22. The van der Waals surface area contributed by atoms with Crippen LogP contribution >= 0.6 is 0 Å². The van der Waals surface area contributed by atoms with Crippen LogP contribution in [0.4, 0.5) is 0 Å². The van der Waals surface area contributed by atoms with Gasteiger partial charge in [0.2, 0.25) is 10.0 Å². The number of sulfonamides is 1. The number of nitrogens with two attached hydrogens (primary N) is 1. The molecule has 0 radical (unpaired) electrons. The van der Waals surface area contributed by atoms with Gasteiger partial charge in [0.15, 0.2) is 0 Å². The summed E-state index contributed by atoms with van der Waals surface area (Å²) in [6, 6.07) is 7.58. The average molecular weight is 308 g/mol. The van der Waals surface area contributed by atoms with Crippen LogP contribution in [-0.4, -0.2) is 30.5 Å². The third-order valence-corrected chi connectivity index (χ3v) is 5.44. The van der Waals surface area contributed by atoms with E-state index in [2.05, 4.69) is 10.3 Å². The Balaban J connectivity index is 1.83. The Morgan fingerprint density at radius 1 is 1.43 bits per heavy atom. The fourth-order valence-electron chi connectivity index (χ4n) is 2.34.